The highest BCUT2D eigenvalue weighted by atomic mass is 79.9. The largest absolute Gasteiger partial charge is 0.371 e. The Morgan fingerprint density at radius 1 is 1.38 bits per heavy atom. The number of nitrogens with zero attached hydrogens (tertiary/aromatic N) is 1. The van der Waals surface area contributed by atoms with Crippen LogP contribution in [0.3, 0.4) is 0 Å². The number of benzene rings is 1. The summed E-state index contributed by atoms with van der Waals surface area (Å²) in [7, 11) is 0. The van der Waals surface area contributed by atoms with Gasteiger partial charge in [-0.1, -0.05) is 28.9 Å². The highest BCUT2D eigenvalue weighted by Crippen LogP contribution is 2.29. The van der Waals surface area contributed by atoms with Gasteiger partial charge in [0.2, 0.25) is 0 Å². The Balaban J connectivity index is 2.21. The molecule has 0 N–H and O–H groups in total. The molecule has 1 heterocycles. The van der Waals surface area contributed by atoms with Crippen LogP contribution in [0.1, 0.15) is 25.3 Å². The van der Waals surface area contributed by atoms with Crippen LogP contribution in [0.5, 0.6) is 0 Å². The highest BCUT2D eigenvalue weighted by molar-refractivity contribution is 9.10. The molecule has 0 atom stereocenters. The second-order valence-electron chi connectivity index (χ2n) is 4.58. The third-order valence-corrected chi connectivity index (χ3v) is 4.10. The number of anilines is 1. The van der Waals surface area contributed by atoms with Gasteiger partial charge in [-0.25, -0.2) is 0 Å². The van der Waals surface area contributed by atoms with Crippen LogP contribution in [0.4, 0.5) is 5.69 Å². The predicted molar refractivity (Wildman–Crippen MR) is 74.3 cm³/mol. The van der Waals surface area contributed by atoms with E-state index in [0.29, 0.717) is 5.88 Å². The van der Waals surface area contributed by atoms with Crippen molar-refractivity contribution < 1.29 is 0 Å². The average molecular weight is 303 g/mol. The van der Waals surface area contributed by atoms with E-state index in [0.717, 1.165) is 23.5 Å². The van der Waals surface area contributed by atoms with Gasteiger partial charge in [-0.3, -0.25) is 0 Å². The van der Waals surface area contributed by atoms with Crippen LogP contribution >= 0.6 is 27.5 Å². The highest BCUT2D eigenvalue weighted by Gasteiger charge is 2.18. The third-order valence-electron chi connectivity index (χ3n) is 3.32. The van der Waals surface area contributed by atoms with E-state index in [9.17, 15) is 0 Å². The number of piperidine rings is 1. The van der Waals surface area contributed by atoms with Crippen molar-refractivity contribution in [1.82, 2.24) is 0 Å². The van der Waals surface area contributed by atoms with Gasteiger partial charge in [-0.15, -0.1) is 11.6 Å². The van der Waals surface area contributed by atoms with Crippen LogP contribution in [0.2, 0.25) is 0 Å². The fraction of sp³-hybridized carbons (Fsp3) is 0.538. The monoisotopic (exact) mass is 301 g/mol. The summed E-state index contributed by atoms with van der Waals surface area (Å²) in [5.74, 6) is 1.46. The topological polar surface area (TPSA) is 3.24 Å². The molecule has 1 fully saturated rings. The molecule has 0 aromatic heterocycles. The molecule has 88 valence electrons. The molecule has 0 unspecified atom stereocenters. The first-order valence-corrected chi connectivity index (χ1v) is 7.13. The van der Waals surface area contributed by atoms with E-state index < -0.39 is 0 Å². The molecule has 16 heavy (non-hydrogen) atoms. The number of alkyl halides is 1. The van der Waals surface area contributed by atoms with E-state index >= 15 is 0 Å². The fourth-order valence-corrected chi connectivity index (χ4v) is 2.77. The molecular formula is C13H17BrClN. The van der Waals surface area contributed by atoms with Crippen LogP contribution in [0.25, 0.3) is 0 Å². The Morgan fingerprint density at radius 3 is 2.69 bits per heavy atom. The standard InChI is InChI=1S/C13H17BrClN/c1-10-4-6-16(7-5-10)13-8-12(14)3-2-11(13)9-15/h2-3,8,10H,4-7,9H2,1H3. The first-order valence-electron chi connectivity index (χ1n) is 5.80. The molecule has 2 rings (SSSR count). The Labute approximate surface area is 111 Å². The summed E-state index contributed by atoms with van der Waals surface area (Å²) >= 11 is 9.52. The van der Waals surface area contributed by atoms with Crippen LogP contribution in [0, 0.1) is 5.92 Å². The minimum absolute atomic E-state index is 0.592. The van der Waals surface area contributed by atoms with E-state index in [4.69, 9.17) is 11.6 Å². The number of hydrogen-bond acceptors (Lipinski definition) is 1. The van der Waals surface area contributed by atoms with Crippen molar-refractivity contribution >= 4 is 33.2 Å². The summed E-state index contributed by atoms with van der Waals surface area (Å²) in [4.78, 5) is 2.46. The molecule has 1 nitrogen and oxygen atoms in total. The normalized spacial score (nSPS) is 17.8. The van der Waals surface area contributed by atoms with Gasteiger partial charge in [0.05, 0.1) is 0 Å². The summed E-state index contributed by atoms with van der Waals surface area (Å²) in [6.07, 6.45) is 2.57. The molecule has 1 saturated heterocycles. The molecule has 0 amide bonds. The molecule has 0 bridgehead atoms. The zero-order valence-corrected chi connectivity index (χ0v) is 11.9. The van der Waals surface area contributed by atoms with E-state index in [2.05, 4.69) is 46.0 Å². The van der Waals surface area contributed by atoms with Crippen LogP contribution in [0.15, 0.2) is 22.7 Å². The van der Waals surface area contributed by atoms with Crippen LogP contribution in [-0.4, -0.2) is 13.1 Å². The third kappa shape index (κ3) is 2.72. The molecular weight excluding hydrogens is 286 g/mol. The SMILES string of the molecule is CC1CCN(c2cc(Br)ccc2CCl)CC1. The molecule has 1 aromatic carbocycles. The van der Waals surface area contributed by atoms with Crippen molar-refractivity contribution in [3.63, 3.8) is 0 Å². The minimum Gasteiger partial charge on any atom is -0.371 e. The minimum atomic E-state index is 0.592. The van der Waals surface area contributed by atoms with Crippen molar-refractivity contribution in [1.29, 1.82) is 0 Å². The van der Waals surface area contributed by atoms with E-state index in [1.165, 1.54) is 24.1 Å². The van der Waals surface area contributed by atoms with Crippen molar-refractivity contribution in [3.8, 4) is 0 Å². The van der Waals surface area contributed by atoms with Gasteiger partial charge in [-0.2, -0.15) is 0 Å². The van der Waals surface area contributed by atoms with Gasteiger partial charge in [0, 0.05) is 29.1 Å². The molecule has 1 aliphatic heterocycles. The lowest BCUT2D eigenvalue weighted by Crippen LogP contribution is -2.33. The Kier molecular flexibility index (Phi) is 4.15. The van der Waals surface area contributed by atoms with Gasteiger partial charge in [-0.05, 0) is 36.5 Å². The molecule has 0 spiro atoms. The molecule has 0 aliphatic carbocycles. The Bertz CT molecular complexity index is 359. The first-order chi connectivity index (χ1) is 7.70. The fourth-order valence-electron chi connectivity index (χ4n) is 2.19. The lowest BCUT2D eigenvalue weighted by atomic mass is 9.98. The Hall–Kier alpha value is -0.210. The second-order valence-corrected chi connectivity index (χ2v) is 5.76. The molecule has 1 aromatic rings. The van der Waals surface area contributed by atoms with Crippen molar-refractivity contribution in [2.24, 2.45) is 5.92 Å². The van der Waals surface area contributed by atoms with Crippen LogP contribution in [-0.2, 0) is 5.88 Å². The van der Waals surface area contributed by atoms with Gasteiger partial charge in [0.1, 0.15) is 0 Å². The zero-order chi connectivity index (χ0) is 11.5. The predicted octanol–water partition coefficient (Wildman–Crippen LogP) is 4.42. The van der Waals surface area contributed by atoms with Crippen LogP contribution < -0.4 is 4.90 Å². The number of halogens is 2. The van der Waals surface area contributed by atoms with Gasteiger partial charge < -0.3 is 4.90 Å². The van der Waals surface area contributed by atoms with Gasteiger partial charge in [0.25, 0.3) is 0 Å². The second kappa shape index (κ2) is 5.42. The maximum absolute atomic E-state index is 5.99. The number of hydrogen-bond donors (Lipinski definition) is 0. The van der Waals surface area contributed by atoms with Gasteiger partial charge in [0.15, 0.2) is 0 Å². The first kappa shape index (κ1) is 12.3. The summed E-state index contributed by atoms with van der Waals surface area (Å²) in [5, 5.41) is 0. The van der Waals surface area contributed by atoms with E-state index in [1.54, 1.807) is 0 Å². The summed E-state index contributed by atoms with van der Waals surface area (Å²) in [6, 6.07) is 6.37. The quantitative estimate of drug-likeness (QED) is 0.731. The molecule has 0 saturated carbocycles. The van der Waals surface area contributed by atoms with Gasteiger partial charge >= 0.3 is 0 Å². The summed E-state index contributed by atoms with van der Waals surface area (Å²) in [6.45, 7) is 4.64. The summed E-state index contributed by atoms with van der Waals surface area (Å²) in [5.41, 5.74) is 2.54. The average Bonchev–Trinajstić information content (AvgIpc) is 2.30. The van der Waals surface area contributed by atoms with Crippen molar-refractivity contribution in [2.75, 3.05) is 18.0 Å². The number of rotatable bonds is 2. The molecule has 3 heteroatoms. The smallest absolute Gasteiger partial charge is 0.0494 e. The lowest BCUT2D eigenvalue weighted by molar-refractivity contribution is 0.438. The lowest BCUT2D eigenvalue weighted by Gasteiger charge is -2.33. The zero-order valence-electron chi connectivity index (χ0n) is 9.55. The van der Waals surface area contributed by atoms with E-state index in [-0.39, 0.29) is 0 Å². The van der Waals surface area contributed by atoms with Crippen molar-refractivity contribution in [3.05, 3.63) is 28.2 Å². The maximum atomic E-state index is 5.99. The Morgan fingerprint density at radius 2 is 2.06 bits per heavy atom. The summed E-state index contributed by atoms with van der Waals surface area (Å²) < 4.78 is 1.13. The van der Waals surface area contributed by atoms with Crippen molar-refractivity contribution in [2.45, 2.75) is 25.6 Å². The molecule has 0 radical (unpaired) electrons. The maximum Gasteiger partial charge on any atom is 0.0494 e. The molecule has 1 aliphatic rings. The van der Waals surface area contributed by atoms with E-state index in [1.807, 2.05) is 0 Å².